The number of rotatable bonds is 5. The fourth-order valence-corrected chi connectivity index (χ4v) is 3.88. The predicted molar refractivity (Wildman–Crippen MR) is 118 cm³/mol. The third kappa shape index (κ3) is 3.68. The van der Waals surface area contributed by atoms with Crippen molar-refractivity contribution in [1.29, 1.82) is 0 Å². The molecule has 1 amide bonds. The zero-order chi connectivity index (χ0) is 22.1. The Balaban J connectivity index is 1.88. The summed E-state index contributed by atoms with van der Waals surface area (Å²) >= 11 is 5.68. The van der Waals surface area contributed by atoms with Crippen molar-refractivity contribution in [3.8, 4) is 0 Å². The molecule has 3 aromatic carbocycles. The molecule has 4 rings (SSSR count). The van der Waals surface area contributed by atoms with Crippen LogP contribution < -0.4 is 5.32 Å². The summed E-state index contributed by atoms with van der Waals surface area (Å²) in [5.74, 6) is -1.55. The van der Waals surface area contributed by atoms with Gasteiger partial charge in [0.05, 0.1) is 17.1 Å². The standard InChI is InChI=1S/C25H18ClNO4/c1-14-6-2-3-7-17(14)25(31)27-22-15(12-16(28)13-26)10-11-20-21(22)24(30)19-9-5-4-8-18(19)23(20)29/h2-11H,12-13H2,1H3,(H,27,31). The minimum atomic E-state index is -0.426. The van der Waals surface area contributed by atoms with Gasteiger partial charge in [-0.05, 0) is 30.2 Å². The topological polar surface area (TPSA) is 80.3 Å². The smallest absolute Gasteiger partial charge is 0.255 e. The summed E-state index contributed by atoms with van der Waals surface area (Å²) in [6.45, 7) is 1.80. The fraction of sp³-hybridized carbons (Fsp3) is 0.120. The van der Waals surface area contributed by atoms with E-state index in [0.717, 1.165) is 5.56 Å². The lowest BCUT2D eigenvalue weighted by Crippen LogP contribution is -2.25. The van der Waals surface area contributed by atoms with Gasteiger partial charge in [0.15, 0.2) is 17.3 Å². The third-order valence-electron chi connectivity index (χ3n) is 5.34. The zero-order valence-electron chi connectivity index (χ0n) is 16.7. The van der Waals surface area contributed by atoms with Gasteiger partial charge in [-0.3, -0.25) is 19.2 Å². The summed E-state index contributed by atoms with van der Waals surface area (Å²) in [5, 5.41) is 2.80. The molecule has 0 saturated carbocycles. The maximum absolute atomic E-state index is 13.4. The average Bonchev–Trinajstić information content (AvgIpc) is 2.78. The molecule has 0 aromatic heterocycles. The molecule has 0 spiro atoms. The van der Waals surface area contributed by atoms with Crippen molar-refractivity contribution in [2.45, 2.75) is 13.3 Å². The Morgan fingerprint density at radius 1 is 0.839 bits per heavy atom. The van der Waals surface area contributed by atoms with Crippen LogP contribution in [0.1, 0.15) is 53.3 Å². The molecule has 0 bridgehead atoms. The van der Waals surface area contributed by atoms with Crippen molar-refractivity contribution in [2.24, 2.45) is 0 Å². The monoisotopic (exact) mass is 431 g/mol. The highest BCUT2D eigenvalue weighted by molar-refractivity contribution is 6.31. The van der Waals surface area contributed by atoms with E-state index in [2.05, 4.69) is 5.32 Å². The highest BCUT2D eigenvalue weighted by Gasteiger charge is 2.33. The van der Waals surface area contributed by atoms with E-state index in [1.165, 1.54) is 6.07 Å². The van der Waals surface area contributed by atoms with Gasteiger partial charge in [0.2, 0.25) is 0 Å². The van der Waals surface area contributed by atoms with E-state index in [0.29, 0.717) is 16.7 Å². The molecular formula is C25H18ClNO4. The second kappa shape index (κ2) is 8.28. The summed E-state index contributed by atoms with van der Waals surface area (Å²) in [5.41, 5.74) is 2.70. The number of benzene rings is 3. The molecule has 154 valence electrons. The van der Waals surface area contributed by atoms with Crippen molar-refractivity contribution >= 4 is 40.5 Å². The number of nitrogens with one attached hydrogen (secondary N) is 1. The fourth-order valence-electron chi connectivity index (χ4n) is 3.79. The number of halogens is 1. The van der Waals surface area contributed by atoms with E-state index in [1.807, 2.05) is 6.07 Å². The van der Waals surface area contributed by atoms with Crippen LogP contribution in [0.2, 0.25) is 0 Å². The van der Waals surface area contributed by atoms with Crippen LogP contribution in [-0.4, -0.2) is 29.1 Å². The van der Waals surface area contributed by atoms with Crippen LogP contribution in [0.15, 0.2) is 60.7 Å². The number of amides is 1. The number of hydrogen-bond acceptors (Lipinski definition) is 4. The minimum absolute atomic E-state index is 0.0662. The molecule has 0 atom stereocenters. The molecular weight excluding hydrogens is 414 g/mol. The van der Waals surface area contributed by atoms with E-state index in [4.69, 9.17) is 11.6 Å². The number of Topliss-reactive ketones (excluding diaryl/α,β-unsaturated/α-hetero) is 1. The van der Waals surface area contributed by atoms with E-state index in [-0.39, 0.29) is 52.0 Å². The van der Waals surface area contributed by atoms with Crippen LogP contribution in [0.25, 0.3) is 0 Å². The molecule has 5 nitrogen and oxygen atoms in total. The largest absolute Gasteiger partial charge is 0.321 e. The van der Waals surface area contributed by atoms with Crippen LogP contribution in [-0.2, 0) is 11.2 Å². The SMILES string of the molecule is Cc1ccccc1C(=O)Nc1c(CC(=O)CCl)ccc2c1C(=O)c1ccccc1C2=O. The van der Waals surface area contributed by atoms with Crippen LogP contribution in [0.3, 0.4) is 0 Å². The predicted octanol–water partition coefficient (Wildman–Crippen LogP) is 4.37. The number of carbonyl (C=O) groups excluding carboxylic acids is 4. The maximum atomic E-state index is 13.4. The normalized spacial score (nSPS) is 12.2. The Bertz CT molecular complexity index is 1260. The van der Waals surface area contributed by atoms with E-state index >= 15 is 0 Å². The molecule has 0 unspecified atom stereocenters. The summed E-state index contributed by atoms with van der Waals surface area (Å²) in [7, 11) is 0. The number of hydrogen-bond donors (Lipinski definition) is 1. The van der Waals surface area contributed by atoms with Crippen LogP contribution >= 0.6 is 11.6 Å². The van der Waals surface area contributed by atoms with Gasteiger partial charge < -0.3 is 5.32 Å². The molecule has 0 heterocycles. The third-order valence-corrected chi connectivity index (χ3v) is 5.64. The summed E-state index contributed by atoms with van der Waals surface area (Å²) < 4.78 is 0. The Morgan fingerprint density at radius 2 is 1.48 bits per heavy atom. The lowest BCUT2D eigenvalue weighted by Gasteiger charge is -2.23. The molecule has 1 aliphatic carbocycles. The summed E-state index contributed by atoms with van der Waals surface area (Å²) in [6.07, 6.45) is -0.0662. The number of anilines is 1. The van der Waals surface area contributed by atoms with E-state index in [9.17, 15) is 19.2 Å². The van der Waals surface area contributed by atoms with Crippen molar-refractivity contribution in [2.75, 3.05) is 11.2 Å². The van der Waals surface area contributed by atoms with Gasteiger partial charge in [-0.2, -0.15) is 0 Å². The summed E-state index contributed by atoms with van der Waals surface area (Å²) in [4.78, 5) is 51.5. The minimum Gasteiger partial charge on any atom is -0.321 e. The maximum Gasteiger partial charge on any atom is 0.255 e. The van der Waals surface area contributed by atoms with E-state index < -0.39 is 5.91 Å². The van der Waals surface area contributed by atoms with E-state index in [1.54, 1.807) is 55.5 Å². The first-order chi connectivity index (χ1) is 14.9. The zero-order valence-corrected chi connectivity index (χ0v) is 17.5. The van der Waals surface area contributed by atoms with Gasteiger partial charge in [-0.1, -0.05) is 48.5 Å². The van der Waals surface area contributed by atoms with Gasteiger partial charge in [0.1, 0.15) is 0 Å². The number of fused-ring (bicyclic) bond motifs is 2. The Kier molecular flexibility index (Phi) is 5.53. The molecule has 1 aliphatic rings. The molecule has 1 N–H and O–H groups in total. The second-order valence-electron chi connectivity index (χ2n) is 7.34. The lowest BCUT2D eigenvalue weighted by atomic mass is 9.81. The number of carbonyl (C=O) groups is 4. The molecule has 0 aliphatic heterocycles. The Hall–Kier alpha value is -3.57. The quantitative estimate of drug-likeness (QED) is 0.476. The van der Waals surface area contributed by atoms with Gasteiger partial charge >= 0.3 is 0 Å². The number of aryl methyl sites for hydroxylation is 1. The molecule has 0 fully saturated rings. The molecule has 3 aromatic rings. The van der Waals surface area contributed by atoms with Crippen molar-refractivity contribution in [3.05, 3.63) is 99.6 Å². The first-order valence-electron chi connectivity index (χ1n) is 9.71. The Labute approximate surface area is 184 Å². The van der Waals surface area contributed by atoms with Crippen LogP contribution in [0.4, 0.5) is 5.69 Å². The van der Waals surface area contributed by atoms with Crippen molar-refractivity contribution in [3.63, 3.8) is 0 Å². The van der Waals surface area contributed by atoms with Gasteiger partial charge in [0.25, 0.3) is 5.91 Å². The highest BCUT2D eigenvalue weighted by atomic mass is 35.5. The second-order valence-corrected chi connectivity index (χ2v) is 7.61. The molecule has 31 heavy (non-hydrogen) atoms. The summed E-state index contributed by atoms with van der Waals surface area (Å²) in [6, 6.07) is 16.7. The van der Waals surface area contributed by atoms with Crippen LogP contribution in [0.5, 0.6) is 0 Å². The van der Waals surface area contributed by atoms with Gasteiger partial charge in [-0.25, -0.2) is 0 Å². The van der Waals surface area contributed by atoms with Crippen molar-refractivity contribution < 1.29 is 19.2 Å². The first kappa shape index (κ1) is 20.7. The first-order valence-corrected chi connectivity index (χ1v) is 10.2. The Morgan fingerprint density at radius 3 is 2.16 bits per heavy atom. The lowest BCUT2D eigenvalue weighted by molar-refractivity contribution is -0.116. The average molecular weight is 432 g/mol. The molecule has 6 heteroatoms. The molecule has 0 saturated heterocycles. The van der Waals surface area contributed by atoms with Crippen LogP contribution in [0, 0.1) is 6.92 Å². The van der Waals surface area contributed by atoms with Gasteiger partial charge in [-0.15, -0.1) is 11.6 Å². The highest BCUT2D eigenvalue weighted by Crippen LogP contribution is 2.35. The number of ketones is 3. The number of alkyl halides is 1. The van der Waals surface area contributed by atoms with Crippen molar-refractivity contribution in [1.82, 2.24) is 0 Å². The van der Waals surface area contributed by atoms with Gasteiger partial charge in [0, 0.05) is 28.7 Å². The molecule has 0 radical (unpaired) electrons.